The first-order valence-electron chi connectivity index (χ1n) is 6.06. The molecule has 0 aliphatic heterocycles. The number of amides is 1. The molecule has 94 valence electrons. The van der Waals surface area contributed by atoms with Crippen LogP contribution in [-0.4, -0.2) is 30.9 Å². The van der Waals surface area contributed by atoms with E-state index in [2.05, 4.69) is 19.2 Å². The quantitative estimate of drug-likeness (QED) is 0.868. The topological polar surface area (TPSA) is 32.3 Å². The summed E-state index contributed by atoms with van der Waals surface area (Å²) < 4.78 is 0. The van der Waals surface area contributed by atoms with E-state index in [-0.39, 0.29) is 11.9 Å². The van der Waals surface area contributed by atoms with Gasteiger partial charge in [0.15, 0.2) is 0 Å². The number of aryl methyl sites for hydroxylation is 1. The number of carbonyl (C=O) groups is 1. The van der Waals surface area contributed by atoms with Gasteiger partial charge in [-0.2, -0.15) is 0 Å². The Hall–Kier alpha value is -1.51. The molecule has 1 N–H and O–H groups in total. The van der Waals surface area contributed by atoms with E-state index in [1.165, 1.54) is 0 Å². The zero-order valence-corrected chi connectivity index (χ0v) is 11.4. The summed E-state index contributed by atoms with van der Waals surface area (Å²) in [5.41, 5.74) is 2.83. The number of rotatable bonds is 4. The Labute approximate surface area is 104 Å². The first-order valence-corrected chi connectivity index (χ1v) is 6.06. The second-order valence-electron chi connectivity index (χ2n) is 4.45. The van der Waals surface area contributed by atoms with E-state index in [1.54, 1.807) is 4.90 Å². The zero-order chi connectivity index (χ0) is 13.0. The molecule has 0 bridgehead atoms. The summed E-state index contributed by atoms with van der Waals surface area (Å²) in [4.78, 5) is 14.1. The van der Waals surface area contributed by atoms with Gasteiger partial charge in [-0.05, 0) is 44.0 Å². The first-order chi connectivity index (χ1) is 8.01. The lowest BCUT2D eigenvalue weighted by Gasteiger charge is -2.24. The number of hydrogen-bond acceptors (Lipinski definition) is 2. The molecular weight excluding hydrogens is 212 g/mol. The zero-order valence-electron chi connectivity index (χ0n) is 11.4. The smallest absolute Gasteiger partial charge is 0.254 e. The van der Waals surface area contributed by atoms with E-state index in [0.717, 1.165) is 23.2 Å². The molecular formula is C14H22N2O. The van der Waals surface area contributed by atoms with Gasteiger partial charge in [0, 0.05) is 31.4 Å². The molecule has 0 heterocycles. The minimum atomic E-state index is 0.0968. The van der Waals surface area contributed by atoms with Gasteiger partial charge < -0.3 is 10.2 Å². The minimum absolute atomic E-state index is 0.0968. The second-order valence-corrected chi connectivity index (χ2v) is 4.45. The fraction of sp³-hybridized carbons (Fsp3) is 0.500. The van der Waals surface area contributed by atoms with Gasteiger partial charge in [0.25, 0.3) is 5.91 Å². The molecule has 1 amide bonds. The number of nitrogens with zero attached hydrogens (tertiary/aromatic N) is 1. The van der Waals surface area contributed by atoms with Crippen molar-refractivity contribution in [3.05, 3.63) is 29.3 Å². The summed E-state index contributed by atoms with van der Waals surface area (Å²) in [6, 6.07) is 6.09. The fourth-order valence-corrected chi connectivity index (χ4v) is 1.72. The minimum Gasteiger partial charge on any atom is -0.388 e. The van der Waals surface area contributed by atoms with Crippen LogP contribution in [0.4, 0.5) is 5.69 Å². The summed E-state index contributed by atoms with van der Waals surface area (Å²) in [5.74, 6) is 0.0968. The van der Waals surface area contributed by atoms with Gasteiger partial charge in [0.2, 0.25) is 0 Å². The molecule has 3 nitrogen and oxygen atoms in total. The van der Waals surface area contributed by atoms with Gasteiger partial charge >= 0.3 is 0 Å². The molecule has 0 aliphatic carbocycles. The monoisotopic (exact) mass is 234 g/mol. The molecule has 1 aromatic rings. The van der Waals surface area contributed by atoms with Crippen molar-refractivity contribution >= 4 is 11.6 Å². The number of anilines is 1. The summed E-state index contributed by atoms with van der Waals surface area (Å²) in [6.45, 7) is 6.12. The number of carbonyl (C=O) groups excluding carboxylic acids is 1. The molecule has 0 fully saturated rings. The van der Waals surface area contributed by atoms with Crippen LogP contribution in [-0.2, 0) is 0 Å². The molecule has 0 spiro atoms. The van der Waals surface area contributed by atoms with Crippen LogP contribution in [0.25, 0.3) is 0 Å². The first kappa shape index (κ1) is 13.6. The molecule has 0 aliphatic rings. The van der Waals surface area contributed by atoms with Crippen LogP contribution in [0.15, 0.2) is 18.2 Å². The largest absolute Gasteiger partial charge is 0.388 e. The lowest BCUT2D eigenvalue weighted by atomic mass is 10.1. The van der Waals surface area contributed by atoms with E-state index in [0.29, 0.717) is 0 Å². The average Bonchev–Trinajstić information content (AvgIpc) is 2.35. The van der Waals surface area contributed by atoms with Crippen molar-refractivity contribution in [3.8, 4) is 0 Å². The van der Waals surface area contributed by atoms with Gasteiger partial charge in [-0.1, -0.05) is 6.92 Å². The predicted molar refractivity (Wildman–Crippen MR) is 72.6 cm³/mol. The van der Waals surface area contributed by atoms with Gasteiger partial charge in [-0.3, -0.25) is 4.79 Å². The number of hydrogen-bond donors (Lipinski definition) is 1. The Kier molecular flexibility index (Phi) is 4.55. The lowest BCUT2D eigenvalue weighted by Crippen LogP contribution is -2.34. The van der Waals surface area contributed by atoms with Crippen molar-refractivity contribution < 1.29 is 4.79 Å². The van der Waals surface area contributed by atoms with Crippen LogP contribution in [0, 0.1) is 6.92 Å². The molecule has 0 aromatic heterocycles. The highest BCUT2D eigenvalue weighted by Gasteiger charge is 2.17. The van der Waals surface area contributed by atoms with Crippen molar-refractivity contribution in [1.29, 1.82) is 0 Å². The maximum atomic E-state index is 12.3. The molecule has 1 rings (SSSR count). The molecule has 17 heavy (non-hydrogen) atoms. The highest BCUT2D eigenvalue weighted by Crippen LogP contribution is 2.17. The Morgan fingerprint density at radius 2 is 2.12 bits per heavy atom. The van der Waals surface area contributed by atoms with Crippen molar-refractivity contribution in [2.24, 2.45) is 0 Å². The Morgan fingerprint density at radius 1 is 1.47 bits per heavy atom. The molecule has 0 radical (unpaired) electrons. The van der Waals surface area contributed by atoms with Crippen LogP contribution in [0.5, 0.6) is 0 Å². The highest BCUT2D eigenvalue weighted by atomic mass is 16.2. The molecule has 1 unspecified atom stereocenters. The van der Waals surface area contributed by atoms with Crippen LogP contribution >= 0.6 is 0 Å². The van der Waals surface area contributed by atoms with Crippen LogP contribution in [0.3, 0.4) is 0 Å². The molecule has 1 aromatic carbocycles. The van der Waals surface area contributed by atoms with Crippen LogP contribution in [0.2, 0.25) is 0 Å². The lowest BCUT2D eigenvalue weighted by molar-refractivity contribution is 0.0740. The third kappa shape index (κ3) is 2.99. The van der Waals surface area contributed by atoms with Gasteiger partial charge in [-0.15, -0.1) is 0 Å². The van der Waals surface area contributed by atoms with Crippen molar-refractivity contribution in [2.45, 2.75) is 33.2 Å². The van der Waals surface area contributed by atoms with Gasteiger partial charge in [-0.25, -0.2) is 0 Å². The van der Waals surface area contributed by atoms with E-state index in [4.69, 9.17) is 0 Å². The fourth-order valence-electron chi connectivity index (χ4n) is 1.72. The molecule has 1 atom stereocenters. The summed E-state index contributed by atoms with van der Waals surface area (Å²) in [5, 5.41) is 3.07. The van der Waals surface area contributed by atoms with Crippen molar-refractivity contribution in [1.82, 2.24) is 4.90 Å². The van der Waals surface area contributed by atoms with Crippen LogP contribution in [0.1, 0.15) is 36.2 Å². The molecule has 3 heteroatoms. The van der Waals surface area contributed by atoms with E-state index in [9.17, 15) is 4.79 Å². The highest BCUT2D eigenvalue weighted by molar-refractivity contribution is 5.96. The van der Waals surface area contributed by atoms with Gasteiger partial charge in [0.1, 0.15) is 0 Å². The standard InChI is InChI=1S/C14H22N2O/c1-6-11(3)16(5)14(17)13-8-7-12(15-4)9-10(13)2/h7-9,11,15H,6H2,1-5H3. The Morgan fingerprint density at radius 3 is 2.59 bits per heavy atom. The number of benzene rings is 1. The maximum Gasteiger partial charge on any atom is 0.254 e. The van der Waals surface area contributed by atoms with E-state index < -0.39 is 0 Å². The SMILES string of the molecule is CCC(C)N(C)C(=O)c1ccc(NC)cc1C. The average molecular weight is 234 g/mol. The summed E-state index contributed by atoms with van der Waals surface area (Å²) in [7, 11) is 3.74. The third-order valence-corrected chi connectivity index (χ3v) is 3.32. The summed E-state index contributed by atoms with van der Waals surface area (Å²) in [6.07, 6.45) is 0.968. The molecule has 0 saturated carbocycles. The van der Waals surface area contributed by atoms with Crippen molar-refractivity contribution in [2.75, 3.05) is 19.4 Å². The van der Waals surface area contributed by atoms with Crippen LogP contribution < -0.4 is 5.32 Å². The van der Waals surface area contributed by atoms with E-state index in [1.807, 2.05) is 39.2 Å². The van der Waals surface area contributed by atoms with E-state index >= 15 is 0 Å². The Balaban J connectivity index is 2.96. The maximum absolute atomic E-state index is 12.3. The normalized spacial score (nSPS) is 12.1. The second kappa shape index (κ2) is 5.71. The number of nitrogens with one attached hydrogen (secondary N) is 1. The van der Waals surface area contributed by atoms with Gasteiger partial charge in [0.05, 0.1) is 0 Å². The molecule has 0 saturated heterocycles. The summed E-state index contributed by atoms with van der Waals surface area (Å²) >= 11 is 0. The Bertz CT molecular complexity index is 401. The predicted octanol–water partition coefficient (Wildman–Crippen LogP) is 2.91. The third-order valence-electron chi connectivity index (χ3n) is 3.32. The van der Waals surface area contributed by atoms with Crippen molar-refractivity contribution in [3.63, 3.8) is 0 Å².